The average molecular weight is 453 g/mol. The number of anilines is 1. The van der Waals surface area contributed by atoms with Gasteiger partial charge in [-0.05, 0) is 86.2 Å². The maximum atomic E-state index is 5.73. The van der Waals surface area contributed by atoms with E-state index in [-0.39, 0.29) is 0 Å². The molecule has 5 rings (SSSR count). The van der Waals surface area contributed by atoms with Crippen LogP contribution in [0, 0.1) is 12.8 Å². The van der Waals surface area contributed by atoms with E-state index in [4.69, 9.17) is 14.5 Å². The molecule has 1 aliphatic carbocycles. The Morgan fingerprint density at radius 2 is 1.74 bits per heavy atom. The summed E-state index contributed by atoms with van der Waals surface area (Å²) in [5.74, 6) is 2.55. The number of ether oxygens (including phenoxy) is 2. The van der Waals surface area contributed by atoms with Gasteiger partial charge in [-0.3, -0.25) is 4.99 Å². The number of benzene rings is 3. The van der Waals surface area contributed by atoms with Crippen molar-refractivity contribution < 1.29 is 9.47 Å². The highest BCUT2D eigenvalue weighted by molar-refractivity contribution is 5.83. The van der Waals surface area contributed by atoms with Gasteiger partial charge in [0.15, 0.2) is 11.5 Å². The van der Waals surface area contributed by atoms with Gasteiger partial charge in [0, 0.05) is 17.8 Å². The first-order valence-corrected chi connectivity index (χ1v) is 12.2. The summed E-state index contributed by atoms with van der Waals surface area (Å²) in [6, 6.07) is 21.6. The number of fused-ring (bicyclic) bond motifs is 3. The quantitative estimate of drug-likeness (QED) is 0.301. The Morgan fingerprint density at radius 1 is 0.941 bits per heavy atom. The van der Waals surface area contributed by atoms with E-state index in [1.165, 1.54) is 22.4 Å². The van der Waals surface area contributed by atoms with E-state index in [1.807, 2.05) is 38.3 Å². The molecule has 0 bridgehead atoms. The monoisotopic (exact) mass is 452 g/mol. The molecule has 2 aliphatic rings. The Morgan fingerprint density at radius 3 is 2.53 bits per heavy atom. The fourth-order valence-electron chi connectivity index (χ4n) is 5.11. The number of nitrogens with zero attached hydrogens (tertiary/aromatic N) is 1. The fourth-order valence-corrected chi connectivity index (χ4v) is 5.11. The van der Waals surface area contributed by atoms with E-state index in [0.717, 1.165) is 29.2 Å². The summed E-state index contributed by atoms with van der Waals surface area (Å²) in [4.78, 5) is 4.70. The first-order valence-electron chi connectivity index (χ1n) is 12.2. The second kappa shape index (κ2) is 9.76. The second-order valence-corrected chi connectivity index (χ2v) is 8.99. The molecule has 174 valence electrons. The third-order valence-electron chi connectivity index (χ3n) is 6.70. The van der Waals surface area contributed by atoms with Crippen LogP contribution in [0.25, 0.3) is 0 Å². The highest BCUT2D eigenvalue weighted by Gasteiger charge is 2.37. The van der Waals surface area contributed by atoms with Crippen LogP contribution in [-0.2, 0) is 0 Å². The summed E-state index contributed by atoms with van der Waals surface area (Å²) >= 11 is 0. The molecule has 0 fully saturated rings. The van der Waals surface area contributed by atoms with Gasteiger partial charge in [-0.1, -0.05) is 42.0 Å². The summed E-state index contributed by atoms with van der Waals surface area (Å²) in [6.45, 7) is 7.32. The molecule has 0 spiro atoms. The minimum atomic E-state index is 0.299. The third kappa shape index (κ3) is 4.45. The molecule has 0 unspecified atom stereocenters. The Hall–Kier alpha value is -3.53. The molecular formula is C30H32N2O2. The lowest BCUT2D eigenvalue weighted by Gasteiger charge is -2.37. The largest absolute Gasteiger partial charge is 0.490 e. The van der Waals surface area contributed by atoms with Gasteiger partial charge in [0.2, 0.25) is 0 Å². The average Bonchev–Trinajstić information content (AvgIpc) is 3.35. The maximum absolute atomic E-state index is 5.73. The molecule has 1 aliphatic heterocycles. The number of rotatable bonds is 7. The van der Waals surface area contributed by atoms with Crippen molar-refractivity contribution in [3.63, 3.8) is 0 Å². The van der Waals surface area contributed by atoms with Crippen LogP contribution < -0.4 is 14.8 Å². The molecule has 3 aromatic carbocycles. The summed E-state index contributed by atoms with van der Waals surface area (Å²) < 4.78 is 11.4. The topological polar surface area (TPSA) is 42.8 Å². The van der Waals surface area contributed by atoms with Gasteiger partial charge in [0.1, 0.15) is 0 Å². The van der Waals surface area contributed by atoms with Gasteiger partial charge in [0.05, 0.1) is 24.9 Å². The zero-order chi connectivity index (χ0) is 23.5. The minimum Gasteiger partial charge on any atom is -0.490 e. The van der Waals surface area contributed by atoms with Gasteiger partial charge < -0.3 is 14.8 Å². The van der Waals surface area contributed by atoms with Crippen LogP contribution in [0.4, 0.5) is 11.4 Å². The second-order valence-electron chi connectivity index (χ2n) is 8.99. The van der Waals surface area contributed by atoms with Crippen LogP contribution in [0.3, 0.4) is 0 Å². The van der Waals surface area contributed by atoms with Gasteiger partial charge >= 0.3 is 0 Å². The zero-order valence-electron chi connectivity index (χ0n) is 20.1. The highest BCUT2D eigenvalue weighted by atomic mass is 16.5. The molecule has 34 heavy (non-hydrogen) atoms. The van der Waals surface area contributed by atoms with Crippen LogP contribution in [0.5, 0.6) is 11.5 Å². The molecule has 4 heteroatoms. The first-order chi connectivity index (χ1) is 16.7. The molecule has 3 aromatic rings. The first kappa shape index (κ1) is 22.3. The number of hydrogen-bond donors (Lipinski definition) is 1. The van der Waals surface area contributed by atoms with Crippen molar-refractivity contribution in [3.05, 3.63) is 95.1 Å². The molecular weight excluding hydrogens is 420 g/mol. The maximum Gasteiger partial charge on any atom is 0.161 e. The fraction of sp³-hybridized carbons (Fsp3) is 0.300. The van der Waals surface area contributed by atoms with Crippen LogP contribution in [-0.4, -0.2) is 19.4 Å². The standard InChI is InChI=1S/C30H32N2O2/c1-4-33-28-16-10-21(18-29(28)34-5-2)19-31-23-13-11-22(12-14-23)30-25-8-6-7-24(25)26-17-20(3)9-15-27(26)32-30/h6-7,9-19,24-25,30,32H,4-5,8H2,1-3H3/t24-,25+,30-/m0/s1. The lowest BCUT2D eigenvalue weighted by molar-refractivity contribution is 0.288. The summed E-state index contributed by atoms with van der Waals surface area (Å²) in [7, 11) is 0. The molecule has 0 aromatic heterocycles. The van der Waals surface area contributed by atoms with Crippen molar-refractivity contribution in [1.29, 1.82) is 0 Å². The minimum absolute atomic E-state index is 0.299. The number of aliphatic imine (C=N–C) groups is 1. The van der Waals surface area contributed by atoms with E-state index in [2.05, 4.69) is 66.9 Å². The molecule has 0 amide bonds. The lowest BCUT2D eigenvalue weighted by Crippen LogP contribution is -2.29. The van der Waals surface area contributed by atoms with Crippen molar-refractivity contribution in [2.75, 3.05) is 18.5 Å². The van der Waals surface area contributed by atoms with E-state index in [1.54, 1.807) is 0 Å². The number of hydrogen-bond acceptors (Lipinski definition) is 4. The molecule has 0 saturated heterocycles. The van der Waals surface area contributed by atoms with Gasteiger partial charge in [-0.2, -0.15) is 0 Å². The van der Waals surface area contributed by atoms with Gasteiger partial charge in [-0.15, -0.1) is 0 Å². The predicted molar refractivity (Wildman–Crippen MR) is 140 cm³/mol. The van der Waals surface area contributed by atoms with E-state index in [9.17, 15) is 0 Å². The number of allylic oxidation sites excluding steroid dienone is 2. The SMILES string of the molecule is CCOc1ccc(C=Nc2ccc([C@@H]3Nc4ccc(C)cc4[C@H]4C=CC[C@H]43)cc2)cc1OCC. The van der Waals surface area contributed by atoms with Crippen LogP contribution in [0.15, 0.2) is 77.8 Å². The molecule has 4 nitrogen and oxygen atoms in total. The van der Waals surface area contributed by atoms with Crippen LogP contribution >= 0.6 is 0 Å². The van der Waals surface area contributed by atoms with Crippen LogP contribution in [0.1, 0.15) is 54.5 Å². The van der Waals surface area contributed by atoms with Crippen LogP contribution in [0.2, 0.25) is 0 Å². The highest BCUT2D eigenvalue weighted by Crippen LogP contribution is 2.50. The van der Waals surface area contributed by atoms with Gasteiger partial charge in [0.25, 0.3) is 0 Å². The van der Waals surface area contributed by atoms with Crippen molar-refractivity contribution in [1.82, 2.24) is 0 Å². The predicted octanol–water partition coefficient (Wildman–Crippen LogP) is 7.37. The van der Waals surface area contributed by atoms with Gasteiger partial charge in [-0.25, -0.2) is 0 Å². The number of aryl methyl sites for hydroxylation is 1. The molecule has 3 atom stereocenters. The van der Waals surface area contributed by atoms with E-state index < -0.39 is 0 Å². The molecule has 1 N–H and O–H groups in total. The molecule has 1 heterocycles. The Bertz CT molecular complexity index is 1210. The summed E-state index contributed by atoms with van der Waals surface area (Å²) in [6.07, 6.45) is 7.72. The van der Waals surface area contributed by atoms with Crippen molar-refractivity contribution in [3.8, 4) is 11.5 Å². The lowest BCUT2D eigenvalue weighted by atomic mass is 9.76. The Labute approximate surface area is 202 Å². The van der Waals surface area contributed by atoms with Crippen molar-refractivity contribution in [2.24, 2.45) is 10.9 Å². The Balaban J connectivity index is 1.34. The smallest absolute Gasteiger partial charge is 0.161 e. The zero-order valence-corrected chi connectivity index (χ0v) is 20.1. The normalized spacial score (nSPS) is 20.6. The van der Waals surface area contributed by atoms with Crippen molar-refractivity contribution >= 4 is 17.6 Å². The summed E-state index contributed by atoms with van der Waals surface area (Å²) in [5, 5.41) is 3.82. The summed E-state index contributed by atoms with van der Waals surface area (Å²) in [5.41, 5.74) is 7.23. The third-order valence-corrected chi connectivity index (χ3v) is 6.70. The molecule has 0 radical (unpaired) electrons. The number of nitrogens with one attached hydrogen (secondary N) is 1. The van der Waals surface area contributed by atoms with E-state index >= 15 is 0 Å². The van der Waals surface area contributed by atoms with Crippen molar-refractivity contribution in [2.45, 2.75) is 39.2 Å². The molecule has 0 saturated carbocycles. The van der Waals surface area contributed by atoms with E-state index in [0.29, 0.717) is 31.1 Å². The Kier molecular flexibility index (Phi) is 6.39.